The molecule has 31 heavy (non-hydrogen) atoms. The molecular formula is C24H41FN4O2. The molecule has 0 bridgehead atoms. The van der Waals surface area contributed by atoms with Gasteiger partial charge in [0.15, 0.2) is 0 Å². The molecule has 0 aromatic carbocycles. The summed E-state index contributed by atoms with van der Waals surface area (Å²) in [5.74, 6) is -0.504. The van der Waals surface area contributed by atoms with Gasteiger partial charge in [0.05, 0.1) is 12.3 Å². The summed E-state index contributed by atoms with van der Waals surface area (Å²) in [6, 6.07) is -0.547. The summed E-state index contributed by atoms with van der Waals surface area (Å²) < 4.78 is 13.4. The second kappa shape index (κ2) is 23.3. The molecule has 0 fully saturated rings. The number of hydrogen-bond acceptors (Lipinski definition) is 4. The highest BCUT2D eigenvalue weighted by molar-refractivity contribution is 6.02. The van der Waals surface area contributed by atoms with Crippen molar-refractivity contribution in [2.24, 2.45) is 11.0 Å². The lowest BCUT2D eigenvalue weighted by Gasteiger charge is -2.12. The first-order valence-corrected chi connectivity index (χ1v) is 10.6. The number of hydrazone groups is 1. The number of rotatable bonds is 11. The fourth-order valence-electron chi connectivity index (χ4n) is 2.02. The zero-order valence-electron chi connectivity index (χ0n) is 20.4. The highest BCUT2D eigenvalue weighted by atomic mass is 19.1. The Morgan fingerprint density at radius 3 is 2.26 bits per heavy atom. The predicted molar refractivity (Wildman–Crippen MR) is 132 cm³/mol. The third-order valence-corrected chi connectivity index (χ3v) is 3.43. The van der Waals surface area contributed by atoms with Gasteiger partial charge < -0.3 is 20.9 Å². The molecule has 0 aliphatic heterocycles. The molecule has 0 saturated heterocycles. The van der Waals surface area contributed by atoms with Crippen LogP contribution in [0.2, 0.25) is 0 Å². The van der Waals surface area contributed by atoms with Crippen LogP contribution < -0.4 is 16.1 Å². The van der Waals surface area contributed by atoms with Gasteiger partial charge in [-0.2, -0.15) is 5.10 Å². The van der Waals surface area contributed by atoms with Crippen molar-refractivity contribution in [3.05, 3.63) is 60.1 Å². The Balaban J connectivity index is -0.00000184. The average Bonchev–Trinajstić information content (AvgIpc) is 2.79. The molecule has 0 aromatic rings. The van der Waals surface area contributed by atoms with Gasteiger partial charge >= 0.3 is 6.03 Å². The molecule has 0 rings (SSSR count). The normalized spacial score (nSPS) is 13.2. The predicted octanol–water partition coefficient (Wildman–Crippen LogP) is 5.58. The van der Waals surface area contributed by atoms with E-state index in [1.807, 2.05) is 41.5 Å². The van der Waals surface area contributed by atoms with Crippen LogP contribution in [0.4, 0.5) is 9.18 Å². The van der Waals surface area contributed by atoms with Crippen molar-refractivity contribution in [2.75, 3.05) is 13.6 Å². The first-order valence-electron chi connectivity index (χ1n) is 10.6. The summed E-state index contributed by atoms with van der Waals surface area (Å²) in [7, 11) is 1.68. The van der Waals surface area contributed by atoms with Gasteiger partial charge in [-0.3, -0.25) is 0 Å². The number of amides is 2. The maximum atomic E-state index is 13.4. The number of urea groups is 1. The van der Waals surface area contributed by atoms with E-state index in [0.29, 0.717) is 12.1 Å². The highest BCUT2D eigenvalue weighted by Crippen LogP contribution is 2.11. The van der Waals surface area contributed by atoms with E-state index in [9.17, 15) is 14.0 Å². The van der Waals surface area contributed by atoms with Crippen molar-refractivity contribution < 1.29 is 14.0 Å². The van der Waals surface area contributed by atoms with E-state index in [2.05, 4.69) is 27.7 Å². The Bertz CT molecular complexity index is 662. The summed E-state index contributed by atoms with van der Waals surface area (Å²) in [5, 5.41) is 9.21. The summed E-state index contributed by atoms with van der Waals surface area (Å²) >= 11 is 0. The zero-order valence-corrected chi connectivity index (χ0v) is 20.4. The molecule has 1 unspecified atom stereocenters. The van der Waals surface area contributed by atoms with Crippen molar-refractivity contribution in [1.82, 2.24) is 16.1 Å². The van der Waals surface area contributed by atoms with Gasteiger partial charge in [0.1, 0.15) is 12.1 Å². The van der Waals surface area contributed by atoms with Gasteiger partial charge in [-0.25, -0.2) is 9.18 Å². The summed E-state index contributed by atoms with van der Waals surface area (Å²) in [6.45, 7) is 17.0. The first kappa shape index (κ1) is 32.7. The van der Waals surface area contributed by atoms with Crippen LogP contribution in [-0.4, -0.2) is 31.6 Å². The number of aldehydes is 1. The SMILES string of the molecule is C=C\C(=C/C=C(C)/C(=N/NC)C(C)CC=O)NC(=O)NC/C(F)=C\C=C/C.CC.CC. The summed E-state index contributed by atoms with van der Waals surface area (Å²) in [4.78, 5) is 22.6. The average molecular weight is 437 g/mol. The van der Waals surface area contributed by atoms with E-state index in [1.54, 1.807) is 38.3 Å². The van der Waals surface area contributed by atoms with E-state index in [0.717, 1.165) is 17.6 Å². The van der Waals surface area contributed by atoms with Crippen LogP contribution in [0.1, 0.15) is 54.9 Å². The fourth-order valence-corrected chi connectivity index (χ4v) is 2.02. The molecule has 0 spiro atoms. The Morgan fingerprint density at radius 1 is 1.16 bits per heavy atom. The third kappa shape index (κ3) is 17.6. The van der Waals surface area contributed by atoms with Gasteiger partial charge in [-0.05, 0) is 37.6 Å². The molecule has 1 atom stereocenters. The maximum Gasteiger partial charge on any atom is 0.319 e. The topological polar surface area (TPSA) is 82.6 Å². The first-order chi connectivity index (χ1) is 14.9. The minimum atomic E-state index is -0.547. The lowest BCUT2D eigenvalue weighted by molar-refractivity contribution is -0.108. The second-order valence-corrected chi connectivity index (χ2v) is 5.65. The van der Waals surface area contributed by atoms with Gasteiger partial charge in [0.2, 0.25) is 0 Å². The van der Waals surface area contributed by atoms with Crippen LogP contribution in [0.15, 0.2) is 65.2 Å². The molecular weight excluding hydrogens is 395 g/mol. The number of hydrogen-bond donors (Lipinski definition) is 3. The van der Waals surface area contributed by atoms with E-state index in [4.69, 9.17) is 0 Å². The summed E-state index contributed by atoms with van der Waals surface area (Å²) in [5.41, 5.74) is 4.74. The molecule has 0 aliphatic rings. The molecule has 0 aliphatic carbocycles. The number of halogens is 1. The van der Waals surface area contributed by atoms with Gasteiger partial charge in [-0.15, -0.1) is 0 Å². The number of carbonyl (C=O) groups excluding carboxylic acids is 2. The number of nitrogens with zero attached hydrogens (tertiary/aromatic N) is 1. The Labute approximate surface area is 188 Å². The number of nitrogens with one attached hydrogen (secondary N) is 3. The van der Waals surface area contributed by atoms with Crippen LogP contribution in [0, 0.1) is 5.92 Å². The monoisotopic (exact) mass is 436 g/mol. The Morgan fingerprint density at radius 2 is 1.77 bits per heavy atom. The lowest BCUT2D eigenvalue weighted by Crippen LogP contribution is -2.35. The number of carbonyl (C=O) groups is 2. The van der Waals surface area contributed by atoms with Crippen molar-refractivity contribution in [1.29, 1.82) is 0 Å². The van der Waals surface area contributed by atoms with Crippen molar-refractivity contribution in [3.63, 3.8) is 0 Å². The molecule has 6 nitrogen and oxygen atoms in total. The van der Waals surface area contributed by atoms with Gasteiger partial charge in [0.25, 0.3) is 0 Å². The second-order valence-electron chi connectivity index (χ2n) is 5.65. The molecule has 7 heteroatoms. The zero-order chi connectivity index (χ0) is 24.7. The minimum absolute atomic E-state index is 0.0463. The maximum absolute atomic E-state index is 13.4. The molecule has 2 amide bonds. The molecule has 0 heterocycles. The third-order valence-electron chi connectivity index (χ3n) is 3.43. The molecule has 0 radical (unpaired) electrons. The standard InChI is InChI=1S/C20H29FN4O2.2C2H6/c1-6-8-9-17(21)14-23-20(27)24-18(7-2)11-10-15(3)19(25-22-5)16(4)12-13-26;2*1-2/h6-11,13,16,22H,2,12,14H2,1,3-5H3,(H2,23,24,27);2*1-2H3/b8-6-,15-10+,17-9+,18-11+,25-19-;;. The van der Waals surface area contributed by atoms with Crippen molar-refractivity contribution in [2.45, 2.75) is 54.9 Å². The van der Waals surface area contributed by atoms with Gasteiger partial charge in [0, 0.05) is 25.1 Å². The van der Waals surface area contributed by atoms with E-state index >= 15 is 0 Å². The van der Waals surface area contributed by atoms with Crippen LogP contribution in [0.3, 0.4) is 0 Å². The van der Waals surface area contributed by atoms with Crippen LogP contribution in [0.25, 0.3) is 0 Å². The molecule has 3 N–H and O–H groups in total. The molecule has 0 saturated carbocycles. The molecule has 176 valence electrons. The Kier molecular flexibility index (Phi) is 24.6. The lowest BCUT2D eigenvalue weighted by atomic mass is 9.96. The number of allylic oxidation sites excluding steroid dienone is 7. The quantitative estimate of drug-likeness (QED) is 0.171. The smallest absolute Gasteiger partial charge is 0.319 e. The van der Waals surface area contributed by atoms with Crippen molar-refractivity contribution in [3.8, 4) is 0 Å². The molecule has 0 aromatic heterocycles. The van der Waals surface area contributed by atoms with E-state index in [1.165, 1.54) is 12.2 Å². The highest BCUT2D eigenvalue weighted by Gasteiger charge is 2.12. The summed E-state index contributed by atoms with van der Waals surface area (Å²) in [6.07, 6.45) is 10.6. The van der Waals surface area contributed by atoms with E-state index in [-0.39, 0.29) is 12.5 Å². The largest absolute Gasteiger partial charge is 0.331 e. The van der Waals surface area contributed by atoms with Crippen LogP contribution in [0.5, 0.6) is 0 Å². The Hall–Kier alpha value is -2.96. The van der Waals surface area contributed by atoms with Crippen LogP contribution >= 0.6 is 0 Å². The van der Waals surface area contributed by atoms with E-state index < -0.39 is 11.9 Å². The van der Waals surface area contributed by atoms with Crippen LogP contribution in [-0.2, 0) is 4.79 Å². The minimum Gasteiger partial charge on any atom is -0.331 e. The van der Waals surface area contributed by atoms with Gasteiger partial charge in [-0.1, -0.05) is 59.4 Å². The van der Waals surface area contributed by atoms with Crippen molar-refractivity contribution >= 4 is 18.0 Å². The fraction of sp³-hybridized carbons (Fsp3) is 0.458.